The summed E-state index contributed by atoms with van der Waals surface area (Å²) < 4.78 is 48.3. The number of nitrogens with zero attached hydrogens (tertiary/aromatic N) is 1. The number of rotatable bonds is 14. The van der Waals surface area contributed by atoms with E-state index in [1.807, 2.05) is 34.7 Å². The number of alkyl halides is 2. The predicted octanol–water partition coefficient (Wildman–Crippen LogP) is 4.37. The van der Waals surface area contributed by atoms with Crippen LogP contribution in [0.15, 0.2) is 6.07 Å². The van der Waals surface area contributed by atoms with Gasteiger partial charge in [-0.3, -0.25) is 4.39 Å². The molecule has 3 rings (SSSR count). The van der Waals surface area contributed by atoms with Gasteiger partial charge in [0.05, 0.1) is 18.5 Å². The van der Waals surface area contributed by atoms with Gasteiger partial charge in [0.1, 0.15) is 6.29 Å². The number of nitrogens with two attached hydrogens (primary N) is 1. The van der Waals surface area contributed by atoms with Crippen molar-refractivity contribution in [3.63, 3.8) is 0 Å². The van der Waals surface area contributed by atoms with Crippen LogP contribution < -0.4 is 31.7 Å². The first-order valence-electron chi connectivity index (χ1n) is 13.8. The fourth-order valence-corrected chi connectivity index (χ4v) is 4.39. The predicted molar refractivity (Wildman–Crippen MR) is 154 cm³/mol. The molecule has 2 heterocycles. The quantitative estimate of drug-likeness (QED) is 0.0829. The van der Waals surface area contributed by atoms with Gasteiger partial charge in [-0.15, -0.1) is 11.3 Å². The molecule has 1 aromatic carbocycles. The molecule has 0 spiro atoms. The molecule has 1 aromatic heterocycles. The molecule has 12 heteroatoms. The van der Waals surface area contributed by atoms with Crippen LogP contribution in [-0.4, -0.2) is 68.6 Å². The fraction of sp³-hybridized carbons (Fsp3) is 0.586. The maximum atomic E-state index is 14.2. The Balaban J connectivity index is 0.00000274. The number of pyridine rings is 1. The van der Waals surface area contributed by atoms with Gasteiger partial charge in [-0.05, 0) is 44.6 Å². The van der Waals surface area contributed by atoms with Gasteiger partial charge < -0.3 is 41.5 Å². The first-order chi connectivity index (χ1) is 19.0. The van der Waals surface area contributed by atoms with Crippen molar-refractivity contribution in [2.24, 2.45) is 0 Å². The maximum absolute atomic E-state index is 14.2. The number of benzene rings is 1. The number of ether oxygens (including phenoxy) is 1. The average Bonchev–Trinajstić information content (AvgIpc) is 3.25. The van der Waals surface area contributed by atoms with E-state index < -0.39 is 23.8 Å². The molecule has 234 valence electrons. The van der Waals surface area contributed by atoms with Crippen LogP contribution in [0.4, 0.5) is 24.5 Å². The number of anilines is 2. The molecule has 0 bridgehead atoms. The molecule has 2 atom stereocenters. The number of nitrogens with one attached hydrogen (secondary N) is 4. The number of halogens is 3. The van der Waals surface area contributed by atoms with Crippen molar-refractivity contribution in [3.8, 4) is 17.1 Å². The molecule has 8 nitrogen and oxygen atoms in total. The minimum Gasteiger partial charge on any atom is -0.485 e. The van der Waals surface area contributed by atoms with Gasteiger partial charge in [-0.2, -0.15) is 12.1 Å². The Morgan fingerprint density at radius 1 is 1.27 bits per heavy atom. The molecule has 0 amide bonds. The monoisotopic (exact) mass is 813 g/mol. The van der Waals surface area contributed by atoms with E-state index in [4.69, 9.17) is 10.5 Å². The van der Waals surface area contributed by atoms with E-state index in [0.717, 1.165) is 13.1 Å². The first-order valence-corrected chi connectivity index (χ1v) is 13.8. The van der Waals surface area contributed by atoms with E-state index in [1.165, 1.54) is 13.0 Å². The Morgan fingerprint density at radius 2 is 1.98 bits per heavy atom. The Kier molecular flexibility index (Phi) is 13.5. The minimum absolute atomic E-state index is 0. The largest absolute Gasteiger partial charge is 0.485 e. The molecule has 1 aliphatic rings. The molecular weight excluding hydrogens is 772 g/mol. The third kappa shape index (κ3) is 9.33. The number of hydrogen-bond donors (Lipinski definition) is 5. The van der Waals surface area contributed by atoms with Gasteiger partial charge in [0.25, 0.3) is 5.92 Å². The van der Waals surface area contributed by atoms with Crippen molar-refractivity contribution >= 4 is 17.7 Å². The summed E-state index contributed by atoms with van der Waals surface area (Å²) in [6, 6.07) is 7.34. The smallest absolute Gasteiger partial charge is 0.262 e. The number of aromatic nitrogens is 1. The molecule has 1 fully saturated rings. The molecule has 0 saturated carbocycles. The molecule has 0 aliphatic carbocycles. The summed E-state index contributed by atoms with van der Waals surface area (Å²) in [5, 5.41) is 12.4. The number of likely N-dealkylation sites (N-methyl/N-ethyl adjacent to an activating group) is 1. The van der Waals surface area contributed by atoms with Gasteiger partial charge in [-0.25, -0.2) is 20.4 Å². The molecular formula is C29H43CfF3N6O2-2. The van der Waals surface area contributed by atoms with Crippen LogP contribution in [0, 0.1) is 24.9 Å². The van der Waals surface area contributed by atoms with Crippen LogP contribution in [0.25, 0.3) is 11.3 Å². The summed E-state index contributed by atoms with van der Waals surface area (Å²) in [4.78, 5) is 16.7. The molecule has 41 heavy (non-hydrogen) atoms. The van der Waals surface area contributed by atoms with E-state index in [0.29, 0.717) is 31.2 Å². The average molecular weight is 816 g/mol. The van der Waals surface area contributed by atoms with Crippen LogP contribution in [-0.2, 0) is 0 Å². The fourth-order valence-electron chi connectivity index (χ4n) is 4.39. The van der Waals surface area contributed by atoms with E-state index in [1.54, 1.807) is 0 Å². The van der Waals surface area contributed by atoms with Crippen molar-refractivity contribution in [1.82, 2.24) is 20.9 Å². The van der Waals surface area contributed by atoms with E-state index in [9.17, 15) is 18.0 Å². The van der Waals surface area contributed by atoms with Crippen LogP contribution in [0.3, 0.4) is 0 Å². The molecule has 0 radical (unpaired) electrons. The van der Waals surface area contributed by atoms with Crippen LogP contribution >= 0.6 is 0 Å². The van der Waals surface area contributed by atoms with E-state index >= 15 is 0 Å². The summed E-state index contributed by atoms with van der Waals surface area (Å²) in [6.45, 7) is 11.3. The third-order valence-electron chi connectivity index (χ3n) is 6.73. The molecule has 1 aliphatic heterocycles. The Bertz CT molecular complexity index is 1100. The number of aldehydes is 1. The number of carbonyl (C=O) groups is 1. The molecule has 2 unspecified atom stereocenters. The zero-order valence-electron chi connectivity index (χ0n) is 24.7. The summed E-state index contributed by atoms with van der Waals surface area (Å²) in [5.74, 6) is -3.34. The summed E-state index contributed by atoms with van der Waals surface area (Å²) in [6.07, 6.45) is 1.07. The normalized spacial score (nSPS) is 18.1. The van der Waals surface area contributed by atoms with E-state index in [-0.39, 0.29) is 53.1 Å². The summed E-state index contributed by atoms with van der Waals surface area (Å²) in [5.41, 5.74) is 6.06. The summed E-state index contributed by atoms with van der Waals surface area (Å²) >= 11 is 0. The van der Waals surface area contributed by atoms with Gasteiger partial charge in [0.2, 0.25) is 0 Å². The standard InChI is InChI=1S/C27H37F3N6O2.C2H6.Cf/c1-5-26(14-27(29,30)16-35-26)15-34-23-12-22(19-10-17(2)24(28)21(31)11-19)36-25(20(23)13-37)38-18(3)6-7-33-9-8-32-4;1-2;/h11,13,18,32-33,35H,5-9,14-16,31H2,1-4H3,(H,34,36);1-2H3;/q-2;;. The van der Waals surface area contributed by atoms with Gasteiger partial charge >= 0.3 is 0 Å². The number of carbonyl (C=O) groups excluding carboxylic acids is 1. The zero-order valence-corrected chi connectivity index (χ0v) is 27.3. The van der Waals surface area contributed by atoms with Crippen LogP contribution in [0.5, 0.6) is 5.88 Å². The second-order valence-corrected chi connectivity index (χ2v) is 9.82. The number of aryl methyl sites for hydroxylation is 1. The Labute approximate surface area is 236 Å². The van der Waals surface area contributed by atoms with Crippen molar-refractivity contribution < 1.29 is 22.7 Å². The van der Waals surface area contributed by atoms with Crippen molar-refractivity contribution in [3.05, 3.63) is 35.1 Å². The first kappa shape index (κ1) is 35.1. The Hall–Kier alpha value is -3.89. The van der Waals surface area contributed by atoms with Gasteiger partial charge in [-0.1, -0.05) is 33.4 Å². The second kappa shape index (κ2) is 15.8. The molecule has 6 N–H and O–H groups in total. The van der Waals surface area contributed by atoms with E-state index in [2.05, 4.69) is 38.4 Å². The minimum atomic E-state index is -2.82. The summed E-state index contributed by atoms with van der Waals surface area (Å²) in [7, 11) is 1.87. The Morgan fingerprint density at radius 3 is 2.54 bits per heavy atom. The zero-order chi connectivity index (χ0) is 29.9. The topological polar surface area (TPSA) is 113 Å². The van der Waals surface area contributed by atoms with Crippen LogP contribution in [0.1, 0.15) is 62.9 Å². The maximum Gasteiger partial charge on any atom is 0.262 e. The second-order valence-electron chi connectivity index (χ2n) is 9.82. The third-order valence-corrected chi connectivity index (χ3v) is 6.73. The number of hydrogen-bond acceptors (Lipinski definition) is 8. The van der Waals surface area contributed by atoms with Crippen molar-refractivity contribution in [2.75, 3.05) is 50.8 Å². The van der Waals surface area contributed by atoms with Crippen molar-refractivity contribution in [1.29, 1.82) is 0 Å². The molecule has 1 saturated heterocycles. The SMILES string of the molecule is CC.CCC1(CNc2[c-]c(-c3[c-]c(C)c(F)c(N)c3)nc(OC(C)CCNCCNC)c2C=O)CC(F)(F)CN1.[Cf]. The molecule has 2 aromatic rings. The number of nitrogen functional groups attached to an aromatic ring is 1. The van der Waals surface area contributed by atoms with Gasteiger partial charge in [0.15, 0.2) is 5.88 Å². The van der Waals surface area contributed by atoms with Gasteiger partial charge in [0, 0.05) is 31.6 Å². The van der Waals surface area contributed by atoms with Crippen molar-refractivity contribution in [2.45, 2.75) is 71.4 Å². The van der Waals surface area contributed by atoms with Crippen LogP contribution in [0.2, 0.25) is 0 Å².